The van der Waals surface area contributed by atoms with Crippen LogP contribution in [-0.4, -0.2) is 17.0 Å². The van der Waals surface area contributed by atoms with Gasteiger partial charge in [-0.25, -0.2) is 4.79 Å². The first-order valence-electron chi connectivity index (χ1n) is 7.07. The van der Waals surface area contributed by atoms with E-state index in [4.69, 9.17) is 4.74 Å². The van der Waals surface area contributed by atoms with E-state index in [1.165, 1.54) is 6.92 Å². The van der Waals surface area contributed by atoms with Gasteiger partial charge >= 0.3 is 11.9 Å². The fourth-order valence-corrected chi connectivity index (χ4v) is 2.06. The fraction of sp³-hybridized carbons (Fsp3) is 0.412. The lowest BCUT2D eigenvalue weighted by molar-refractivity contribution is -0.146. The van der Waals surface area contributed by atoms with E-state index in [0.29, 0.717) is 17.9 Å². The van der Waals surface area contributed by atoms with Crippen LogP contribution in [0.1, 0.15) is 57.3 Å². The van der Waals surface area contributed by atoms with Crippen LogP contribution in [0, 0.1) is 0 Å². The summed E-state index contributed by atoms with van der Waals surface area (Å²) in [5.41, 5.74) is 1.90. The molecule has 1 N–H and O–H groups in total. The predicted octanol–water partition coefficient (Wildman–Crippen LogP) is 3.84. The minimum atomic E-state index is -1.07. The van der Waals surface area contributed by atoms with Crippen LogP contribution in [0.15, 0.2) is 35.9 Å². The Morgan fingerprint density at radius 3 is 2.10 bits per heavy atom. The van der Waals surface area contributed by atoms with Crippen LogP contribution in [-0.2, 0) is 14.3 Å². The minimum Gasteiger partial charge on any atom is -0.478 e. The van der Waals surface area contributed by atoms with Gasteiger partial charge in [-0.15, -0.1) is 0 Å². The molecule has 4 heteroatoms. The quantitative estimate of drug-likeness (QED) is 0.638. The first kappa shape index (κ1) is 17.0. The van der Waals surface area contributed by atoms with Crippen molar-refractivity contribution in [3.63, 3.8) is 0 Å². The zero-order valence-corrected chi connectivity index (χ0v) is 12.9. The average molecular weight is 290 g/mol. The summed E-state index contributed by atoms with van der Waals surface area (Å²) in [6, 6.07) is 7.49. The van der Waals surface area contributed by atoms with Crippen LogP contribution in [0.2, 0.25) is 0 Å². The summed E-state index contributed by atoms with van der Waals surface area (Å²) >= 11 is 0. The molecule has 0 amide bonds. The highest BCUT2D eigenvalue weighted by atomic mass is 16.5. The number of esters is 1. The highest BCUT2D eigenvalue weighted by Crippen LogP contribution is 2.28. The molecule has 0 bridgehead atoms. The van der Waals surface area contributed by atoms with Gasteiger partial charge in [0.05, 0.1) is 5.57 Å². The Labute approximate surface area is 125 Å². The van der Waals surface area contributed by atoms with Gasteiger partial charge in [0.1, 0.15) is 0 Å². The Balaban J connectivity index is 3.20. The lowest BCUT2D eigenvalue weighted by Gasteiger charge is -2.19. The molecule has 114 valence electrons. The van der Waals surface area contributed by atoms with E-state index in [0.717, 1.165) is 5.56 Å². The monoisotopic (exact) mass is 290 g/mol. The highest BCUT2D eigenvalue weighted by Gasteiger charge is 2.25. The van der Waals surface area contributed by atoms with Gasteiger partial charge in [0, 0.05) is 6.92 Å². The number of hydrogen-bond donors (Lipinski definition) is 1. The molecule has 0 saturated heterocycles. The maximum Gasteiger partial charge on any atom is 0.335 e. The fourth-order valence-electron chi connectivity index (χ4n) is 2.06. The zero-order valence-electron chi connectivity index (χ0n) is 12.9. The number of ether oxygens (including phenoxy) is 1. The van der Waals surface area contributed by atoms with Gasteiger partial charge in [-0.2, -0.15) is 0 Å². The first-order chi connectivity index (χ1) is 9.86. The van der Waals surface area contributed by atoms with E-state index < -0.39 is 18.0 Å². The molecule has 1 aromatic carbocycles. The van der Waals surface area contributed by atoms with Crippen molar-refractivity contribution in [2.24, 2.45) is 0 Å². The van der Waals surface area contributed by atoms with Crippen LogP contribution in [0.4, 0.5) is 0 Å². The van der Waals surface area contributed by atoms with Gasteiger partial charge in [-0.1, -0.05) is 51.1 Å². The number of carbonyl (C=O) groups is 2. The Morgan fingerprint density at radius 2 is 1.71 bits per heavy atom. The molecule has 1 unspecified atom stereocenters. The third kappa shape index (κ3) is 4.74. The van der Waals surface area contributed by atoms with E-state index in [9.17, 15) is 14.7 Å². The van der Waals surface area contributed by atoms with Crippen molar-refractivity contribution in [3.8, 4) is 0 Å². The number of allylic oxidation sites excluding steroid dienone is 1. The first-order valence-corrected chi connectivity index (χ1v) is 7.07. The van der Waals surface area contributed by atoms with Crippen LogP contribution in [0.5, 0.6) is 0 Å². The molecule has 1 rings (SSSR count). The molecule has 1 atom stereocenters. The molecule has 0 aliphatic rings. The number of aliphatic carboxylic acids is 1. The number of carboxylic acids is 1. The summed E-state index contributed by atoms with van der Waals surface area (Å²) in [5.74, 6) is -1.19. The Kier molecular flexibility index (Phi) is 6.15. The van der Waals surface area contributed by atoms with E-state index in [1.807, 2.05) is 31.2 Å². The number of rotatable bonds is 6. The molecule has 0 saturated carbocycles. The smallest absolute Gasteiger partial charge is 0.335 e. The molecular formula is C17H22O4. The number of hydrogen-bond acceptors (Lipinski definition) is 3. The molecular weight excluding hydrogens is 268 g/mol. The van der Waals surface area contributed by atoms with Crippen molar-refractivity contribution in [1.29, 1.82) is 0 Å². The van der Waals surface area contributed by atoms with E-state index in [-0.39, 0.29) is 5.57 Å². The maximum absolute atomic E-state index is 11.4. The lowest BCUT2D eigenvalue weighted by Crippen LogP contribution is -2.17. The maximum atomic E-state index is 11.4. The van der Waals surface area contributed by atoms with Crippen molar-refractivity contribution in [2.75, 3.05) is 0 Å². The highest BCUT2D eigenvalue weighted by molar-refractivity contribution is 5.88. The second-order valence-electron chi connectivity index (χ2n) is 5.18. The van der Waals surface area contributed by atoms with Gasteiger partial charge in [-0.05, 0) is 23.5 Å². The zero-order chi connectivity index (χ0) is 16.0. The normalized spacial score (nSPS) is 13.1. The number of carboxylic acid groups (broad SMARTS) is 1. The topological polar surface area (TPSA) is 63.6 Å². The van der Waals surface area contributed by atoms with Crippen molar-refractivity contribution >= 4 is 11.9 Å². The summed E-state index contributed by atoms with van der Waals surface area (Å²) in [6.45, 7) is 7.28. The second-order valence-corrected chi connectivity index (χ2v) is 5.18. The third-order valence-corrected chi connectivity index (χ3v) is 3.14. The molecule has 0 heterocycles. The van der Waals surface area contributed by atoms with Crippen molar-refractivity contribution < 1.29 is 19.4 Å². The molecule has 0 aromatic heterocycles. The molecule has 0 aliphatic heterocycles. The molecule has 0 radical (unpaired) electrons. The predicted molar refractivity (Wildman–Crippen MR) is 81.0 cm³/mol. The Hall–Kier alpha value is -2.10. The molecule has 0 aliphatic carbocycles. The molecule has 1 aromatic rings. The lowest BCUT2D eigenvalue weighted by atomic mass is 9.96. The third-order valence-electron chi connectivity index (χ3n) is 3.14. The van der Waals surface area contributed by atoms with Crippen LogP contribution < -0.4 is 0 Å². The van der Waals surface area contributed by atoms with Gasteiger partial charge in [0.25, 0.3) is 0 Å². The standard InChI is InChI=1S/C17H22O4/c1-5-6-15(17(19)20)16(21-12(4)18)14-9-7-13(8-10-14)11(2)3/h6-11,16H,5H2,1-4H3,(H,19,20). The average Bonchev–Trinajstić information content (AvgIpc) is 2.42. The van der Waals surface area contributed by atoms with Gasteiger partial charge in [0.15, 0.2) is 6.10 Å². The summed E-state index contributed by atoms with van der Waals surface area (Å²) in [4.78, 5) is 22.7. The van der Waals surface area contributed by atoms with E-state index >= 15 is 0 Å². The Bertz CT molecular complexity index is 526. The molecule has 4 nitrogen and oxygen atoms in total. The number of benzene rings is 1. The van der Waals surface area contributed by atoms with Crippen molar-refractivity contribution in [2.45, 2.75) is 46.1 Å². The number of carbonyl (C=O) groups excluding carboxylic acids is 1. The molecule has 0 fully saturated rings. The largest absolute Gasteiger partial charge is 0.478 e. The summed E-state index contributed by atoms with van der Waals surface area (Å²) in [6.07, 6.45) is 1.26. The SMILES string of the molecule is CCC=C(C(=O)O)C(OC(C)=O)c1ccc(C(C)C)cc1. The van der Waals surface area contributed by atoms with E-state index in [2.05, 4.69) is 13.8 Å². The van der Waals surface area contributed by atoms with Crippen LogP contribution in [0.3, 0.4) is 0 Å². The minimum absolute atomic E-state index is 0.0880. The summed E-state index contributed by atoms with van der Waals surface area (Å²) in [5, 5.41) is 9.33. The molecule has 21 heavy (non-hydrogen) atoms. The van der Waals surface area contributed by atoms with Gasteiger partial charge in [-0.3, -0.25) is 4.79 Å². The Morgan fingerprint density at radius 1 is 1.19 bits per heavy atom. The van der Waals surface area contributed by atoms with Crippen molar-refractivity contribution in [3.05, 3.63) is 47.0 Å². The second kappa shape index (κ2) is 7.62. The molecule has 0 spiro atoms. The van der Waals surface area contributed by atoms with Crippen LogP contribution >= 0.6 is 0 Å². The van der Waals surface area contributed by atoms with Crippen LogP contribution in [0.25, 0.3) is 0 Å². The van der Waals surface area contributed by atoms with Gasteiger partial charge < -0.3 is 9.84 Å². The van der Waals surface area contributed by atoms with Crippen molar-refractivity contribution in [1.82, 2.24) is 0 Å². The van der Waals surface area contributed by atoms with Gasteiger partial charge in [0.2, 0.25) is 0 Å². The summed E-state index contributed by atoms with van der Waals surface area (Å²) < 4.78 is 5.22. The summed E-state index contributed by atoms with van der Waals surface area (Å²) in [7, 11) is 0. The van der Waals surface area contributed by atoms with E-state index in [1.54, 1.807) is 6.08 Å².